The molecule has 0 aromatic heterocycles. The molecule has 7 heteroatoms. The molecule has 0 aliphatic heterocycles. The molecule has 158 valence electrons. The third-order valence-electron chi connectivity index (χ3n) is 5.40. The van der Waals surface area contributed by atoms with Crippen LogP contribution in [0.25, 0.3) is 11.1 Å². The van der Waals surface area contributed by atoms with E-state index in [1.165, 1.54) is 14.0 Å². The summed E-state index contributed by atoms with van der Waals surface area (Å²) in [6.07, 6.45) is -0.0165. The molecule has 1 atom stereocenters. The van der Waals surface area contributed by atoms with Crippen molar-refractivity contribution >= 4 is 18.0 Å². The van der Waals surface area contributed by atoms with Gasteiger partial charge in [-0.15, -0.1) is 0 Å². The highest BCUT2D eigenvalue weighted by molar-refractivity contribution is 5.81. The van der Waals surface area contributed by atoms with Crippen molar-refractivity contribution in [2.75, 3.05) is 20.2 Å². The van der Waals surface area contributed by atoms with Crippen molar-refractivity contribution in [1.82, 2.24) is 10.2 Å². The highest BCUT2D eigenvalue weighted by atomic mass is 16.6. The van der Waals surface area contributed by atoms with E-state index in [0.29, 0.717) is 13.0 Å². The standard InChI is InChI=1S/C23H26N2O5/c1-15(26)24-13-7-12-21(22(27)28)25(2)23(29)30-14-20-18-10-5-3-8-16(18)17-9-4-6-11-19(17)20/h3-6,8-11,20-21H,7,12-14H2,1-2H3,(H,24,26)(H,27,28)/t21-/m0/s1. The molecule has 0 bridgehead atoms. The molecule has 7 nitrogen and oxygen atoms in total. The van der Waals surface area contributed by atoms with Gasteiger partial charge in [0.15, 0.2) is 0 Å². The first-order chi connectivity index (χ1) is 14.4. The summed E-state index contributed by atoms with van der Waals surface area (Å²) in [5.41, 5.74) is 4.45. The predicted molar refractivity (Wildman–Crippen MR) is 112 cm³/mol. The first-order valence-corrected chi connectivity index (χ1v) is 9.95. The number of carboxylic acids is 1. The second kappa shape index (κ2) is 9.43. The van der Waals surface area contributed by atoms with Gasteiger partial charge in [0.1, 0.15) is 12.6 Å². The Labute approximate surface area is 175 Å². The van der Waals surface area contributed by atoms with E-state index in [9.17, 15) is 19.5 Å². The molecule has 2 aromatic carbocycles. The molecule has 0 spiro atoms. The fraction of sp³-hybridized carbons (Fsp3) is 0.348. The van der Waals surface area contributed by atoms with Crippen LogP contribution in [0.5, 0.6) is 0 Å². The van der Waals surface area contributed by atoms with Gasteiger partial charge in [-0.3, -0.25) is 9.69 Å². The van der Waals surface area contributed by atoms with Crippen LogP contribution in [0.2, 0.25) is 0 Å². The molecular weight excluding hydrogens is 384 g/mol. The number of hydrogen-bond donors (Lipinski definition) is 2. The van der Waals surface area contributed by atoms with Crippen molar-refractivity contribution in [3.63, 3.8) is 0 Å². The molecule has 0 unspecified atom stereocenters. The molecule has 0 saturated carbocycles. The lowest BCUT2D eigenvalue weighted by Gasteiger charge is -2.25. The Morgan fingerprint density at radius 3 is 2.17 bits per heavy atom. The maximum absolute atomic E-state index is 12.6. The summed E-state index contributed by atoms with van der Waals surface area (Å²) in [6.45, 7) is 1.89. The normalized spacial score (nSPS) is 13.1. The molecule has 1 aliphatic rings. The maximum atomic E-state index is 12.6. The van der Waals surface area contributed by atoms with Gasteiger partial charge in [-0.1, -0.05) is 48.5 Å². The Hall–Kier alpha value is -3.35. The number of benzene rings is 2. The Morgan fingerprint density at radius 2 is 1.63 bits per heavy atom. The average Bonchev–Trinajstić information content (AvgIpc) is 3.05. The zero-order valence-corrected chi connectivity index (χ0v) is 17.1. The minimum Gasteiger partial charge on any atom is -0.480 e. The molecule has 0 heterocycles. The van der Waals surface area contributed by atoms with Gasteiger partial charge in [-0.2, -0.15) is 0 Å². The van der Waals surface area contributed by atoms with E-state index in [1.54, 1.807) is 0 Å². The number of likely N-dealkylation sites (N-methyl/N-ethyl adjacent to an activating group) is 1. The minimum atomic E-state index is -1.10. The first kappa shape index (κ1) is 21.4. The Kier molecular flexibility index (Phi) is 6.72. The van der Waals surface area contributed by atoms with Gasteiger partial charge in [0.05, 0.1) is 0 Å². The van der Waals surface area contributed by atoms with Crippen molar-refractivity contribution in [3.05, 3.63) is 59.7 Å². The van der Waals surface area contributed by atoms with Gasteiger partial charge in [0.25, 0.3) is 0 Å². The lowest BCUT2D eigenvalue weighted by Crippen LogP contribution is -2.43. The Morgan fingerprint density at radius 1 is 1.07 bits per heavy atom. The zero-order chi connectivity index (χ0) is 21.7. The minimum absolute atomic E-state index is 0.0854. The number of carbonyl (C=O) groups excluding carboxylic acids is 2. The molecule has 30 heavy (non-hydrogen) atoms. The topological polar surface area (TPSA) is 95.9 Å². The van der Waals surface area contributed by atoms with Crippen LogP contribution in [0, 0.1) is 0 Å². The highest BCUT2D eigenvalue weighted by Gasteiger charge is 2.31. The number of amides is 2. The van der Waals surface area contributed by atoms with Crippen LogP contribution in [-0.2, 0) is 14.3 Å². The Bertz CT molecular complexity index is 897. The van der Waals surface area contributed by atoms with Gasteiger partial charge in [0.2, 0.25) is 5.91 Å². The van der Waals surface area contributed by atoms with E-state index < -0.39 is 18.1 Å². The second-order valence-corrected chi connectivity index (χ2v) is 7.39. The van der Waals surface area contributed by atoms with E-state index in [2.05, 4.69) is 17.4 Å². The summed E-state index contributed by atoms with van der Waals surface area (Å²) >= 11 is 0. The van der Waals surface area contributed by atoms with E-state index in [4.69, 9.17) is 4.74 Å². The van der Waals surface area contributed by atoms with E-state index in [-0.39, 0.29) is 24.9 Å². The van der Waals surface area contributed by atoms with Crippen LogP contribution < -0.4 is 5.32 Å². The van der Waals surface area contributed by atoms with Gasteiger partial charge in [0, 0.05) is 26.4 Å². The van der Waals surface area contributed by atoms with Crippen molar-refractivity contribution in [2.45, 2.75) is 31.7 Å². The van der Waals surface area contributed by atoms with Gasteiger partial charge < -0.3 is 15.2 Å². The molecular formula is C23H26N2O5. The van der Waals surface area contributed by atoms with E-state index in [0.717, 1.165) is 27.2 Å². The van der Waals surface area contributed by atoms with Crippen molar-refractivity contribution < 1.29 is 24.2 Å². The van der Waals surface area contributed by atoms with Crippen LogP contribution >= 0.6 is 0 Å². The number of carboxylic acid groups (broad SMARTS) is 1. The number of aliphatic carboxylic acids is 1. The lowest BCUT2D eigenvalue weighted by molar-refractivity contribution is -0.142. The van der Waals surface area contributed by atoms with Crippen LogP contribution in [0.15, 0.2) is 48.5 Å². The molecule has 2 aromatic rings. The van der Waals surface area contributed by atoms with Crippen molar-refractivity contribution in [2.24, 2.45) is 0 Å². The highest BCUT2D eigenvalue weighted by Crippen LogP contribution is 2.44. The van der Waals surface area contributed by atoms with Crippen LogP contribution in [0.1, 0.15) is 36.8 Å². The average molecular weight is 410 g/mol. The first-order valence-electron chi connectivity index (χ1n) is 9.95. The Balaban J connectivity index is 1.64. The molecule has 0 fully saturated rings. The quantitative estimate of drug-likeness (QED) is 0.652. The number of rotatable bonds is 8. The zero-order valence-electron chi connectivity index (χ0n) is 17.1. The third kappa shape index (κ3) is 4.62. The summed E-state index contributed by atoms with van der Waals surface area (Å²) < 4.78 is 5.53. The summed E-state index contributed by atoms with van der Waals surface area (Å²) in [5, 5.41) is 12.1. The SMILES string of the molecule is CC(=O)NCCC[C@@H](C(=O)O)N(C)C(=O)OCC1c2ccccc2-c2ccccc21. The van der Waals surface area contributed by atoms with E-state index >= 15 is 0 Å². The molecule has 3 rings (SSSR count). The molecule has 1 aliphatic carbocycles. The van der Waals surface area contributed by atoms with E-state index in [1.807, 2.05) is 36.4 Å². The third-order valence-corrected chi connectivity index (χ3v) is 5.40. The summed E-state index contributed by atoms with van der Waals surface area (Å²) in [6, 6.07) is 15.0. The number of fused-ring (bicyclic) bond motifs is 3. The van der Waals surface area contributed by atoms with Gasteiger partial charge in [-0.05, 0) is 35.1 Å². The van der Waals surface area contributed by atoms with Crippen LogP contribution in [-0.4, -0.2) is 54.2 Å². The summed E-state index contributed by atoms with van der Waals surface area (Å²) in [7, 11) is 1.43. The van der Waals surface area contributed by atoms with Gasteiger partial charge in [-0.25, -0.2) is 9.59 Å². The fourth-order valence-corrected chi connectivity index (χ4v) is 3.87. The fourth-order valence-electron chi connectivity index (χ4n) is 3.87. The van der Waals surface area contributed by atoms with Gasteiger partial charge >= 0.3 is 12.1 Å². The largest absolute Gasteiger partial charge is 0.480 e. The van der Waals surface area contributed by atoms with Crippen LogP contribution in [0.3, 0.4) is 0 Å². The van der Waals surface area contributed by atoms with Crippen molar-refractivity contribution in [1.29, 1.82) is 0 Å². The predicted octanol–water partition coefficient (Wildman–Crippen LogP) is 3.24. The number of nitrogens with zero attached hydrogens (tertiary/aromatic N) is 1. The molecule has 2 amide bonds. The molecule has 0 saturated heterocycles. The summed E-state index contributed by atoms with van der Waals surface area (Å²) in [5.74, 6) is -1.36. The summed E-state index contributed by atoms with van der Waals surface area (Å²) in [4.78, 5) is 36.3. The molecule has 2 N–H and O–H groups in total. The smallest absolute Gasteiger partial charge is 0.410 e. The molecule has 0 radical (unpaired) electrons. The number of ether oxygens (including phenoxy) is 1. The number of carbonyl (C=O) groups is 3. The lowest BCUT2D eigenvalue weighted by atomic mass is 9.98. The number of nitrogens with one attached hydrogen (secondary N) is 1. The number of hydrogen-bond acceptors (Lipinski definition) is 4. The monoisotopic (exact) mass is 410 g/mol. The second-order valence-electron chi connectivity index (χ2n) is 7.39. The van der Waals surface area contributed by atoms with Crippen LogP contribution in [0.4, 0.5) is 4.79 Å². The maximum Gasteiger partial charge on any atom is 0.410 e. The van der Waals surface area contributed by atoms with Crippen molar-refractivity contribution in [3.8, 4) is 11.1 Å².